The molecular weight excluding hydrogens is 589 g/mol. The topological polar surface area (TPSA) is 143 Å². The molecule has 0 fully saturated rings. The number of hydrogen-bond donors (Lipinski definition) is 3. The minimum atomic E-state index is -5.08. The third kappa shape index (κ3) is 9.21. The molecule has 2 heterocycles. The van der Waals surface area contributed by atoms with E-state index in [0.29, 0.717) is 18.6 Å². The highest BCUT2D eigenvalue weighted by Crippen LogP contribution is 2.26. The van der Waals surface area contributed by atoms with Crippen molar-refractivity contribution in [1.82, 2.24) is 30.3 Å². The van der Waals surface area contributed by atoms with Gasteiger partial charge < -0.3 is 15.4 Å². The fraction of sp³-hybridized carbons (Fsp3) is 0.312. The second-order valence-electron chi connectivity index (χ2n) is 10.4. The third-order valence-electron chi connectivity index (χ3n) is 7.12. The number of ketones is 1. The third-order valence-corrected chi connectivity index (χ3v) is 7.12. The molecule has 1 atom stereocenters. The molecule has 0 unspecified atom stereocenters. The highest BCUT2D eigenvalue weighted by Gasteiger charge is 2.38. The number of carboxylic acid groups (broad SMARTS) is 1. The van der Waals surface area contributed by atoms with Crippen molar-refractivity contribution in [3.05, 3.63) is 78.8 Å². The second-order valence-corrected chi connectivity index (χ2v) is 10.4. The Morgan fingerprint density at radius 2 is 1.69 bits per heavy atom. The van der Waals surface area contributed by atoms with E-state index in [1.54, 1.807) is 4.68 Å². The molecule has 45 heavy (non-hydrogen) atoms. The van der Waals surface area contributed by atoms with E-state index in [-0.39, 0.29) is 18.5 Å². The number of carbonyl (C=O) groups excluding carboxylic acids is 2. The number of aromatic amines is 1. The molecule has 13 heteroatoms. The number of aliphatic carboxylic acids is 1. The molecule has 236 valence electrons. The largest absolute Gasteiger partial charge is 0.490 e. The van der Waals surface area contributed by atoms with Gasteiger partial charge in [-0.1, -0.05) is 73.5 Å². The number of amides is 1. The number of halogens is 3. The van der Waals surface area contributed by atoms with Crippen molar-refractivity contribution in [3.8, 4) is 11.3 Å². The Balaban J connectivity index is 0.000000591. The van der Waals surface area contributed by atoms with Crippen molar-refractivity contribution >= 4 is 39.5 Å². The predicted octanol–water partition coefficient (Wildman–Crippen LogP) is 6.40. The number of carbonyl (C=O) groups is 3. The van der Waals surface area contributed by atoms with Gasteiger partial charge in [0.1, 0.15) is 23.7 Å². The molecule has 0 spiro atoms. The zero-order chi connectivity index (χ0) is 32.4. The van der Waals surface area contributed by atoms with Crippen LogP contribution in [0.2, 0.25) is 0 Å². The summed E-state index contributed by atoms with van der Waals surface area (Å²) in [7, 11) is 0. The van der Waals surface area contributed by atoms with Crippen LogP contribution < -0.4 is 5.32 Å². The Morgan fingerprint density at radius 3 is 2.42 bits per heavy atom. The lowest BCUT2D eigenvalue weighted by atomic mass is 10.0. The average molecular weight is 623 g/mol. The van der Waals surface area contributed by atoms with Crippen molar-refractivity contribution < 1.29 is 32.7 Å². The maximum atomic E-state index is 13.1. The highest BCUT2D eigenvalue weighted by atomic mass is 19.4. The molecule has 0 radical (unpaired) electrons. The van der Waals surface area contributed by atoms with Crippen LogP contribution in [-0.2, 0) is 20.9 Å². The molecule has 0 saturated heterocycles. The summed E-state index contributed by atoms with van der Waals surface area (Å²) in [5.74, 6) is -1.90. The fourth-order valence-corrected chi connectivity index (χ4v) is 4.73. The lowest BCUT2D eigenvalue weighted by molar-refractivity contribution is -0.192. The molecule has 1 amide bonds. The summed E-state index contributed by atoms with van der Waals surface area (Å²) in [6.45, 7) is 1.97. The number of fused-ring (bicyclic) bond motifs is 2. The van der Waals surface area contributed by atoms with Gasteiger partial charge in [-0.15, -0.1) is 5.10 Å². The van der Waals surface area contributed by atoms with Crippen LogP contribution in [0.1, 0.15) is 57.3 Å². The van der Waals surface area contributed by atoms with Gasteiger partial charge in [-0.2, -0.15) is 13.2 Å². The Labute approximate surface area is 256 Å². The van der Waals surface area contributed by atoms with Crippen molar-refractivity contribution in [2.24, 2.45) is 0 Å². The van der Waals surface area contributed by atoms with Crippen LogP contribution in [0, 0.1) is 0 Å². The van der Waals surface area contributed by atoms with Crippen LogP contribution in [0.4, 0.5) is 13.2 Å². The highest BCUT2D eigenvalue weighted by molar-refractivity contribution is 5.86. The van der Waals surface area contributed by atoms with Crippen LogP contribution >= 0.6 is 0 Å². The molecule has 5 aromatic rings. The molecule has 5 rings (SSSR count). The Kier molecular flexibility index (Phi) is 11.0. The van der Waals surface area contributed by atoms with Crippen molar-refractivity contribution in [2.45, 2.75) is 64.2 Å². The smallest absolute Gasteiger partial charge is 0.475 e. The first-order valence-corrected chi connectivity index (χ1v) is 14.5. The molecule has 0 bridgehead atoms. The molecule has 3 N–H and O–H groups in total. The number of unbranched alkanes of at least 4 members (excludes halogenated alkanes) is 2. The van der Waals surface area contributed by atoms with E-state index in [1.807, 2.05) is 49.5 Å². The first kappa shape index (κ1) is 32.8. The van der Waals surface area contributed by atoms with Gasteiger partial charge in [0.25, 0.3) is 0 Å². The zero-order valence-corrected chi connectivity index (χ0v) is 24.6. The van der Waals surface area contributed by atoms with Gasteiger partial charge in [0, 0.05) is 18.4 Å². The number of carboxylic acids is 1. The number of Topliss-reactive ketones (excluding diaryl/α,β-unsaturated/α-hetero) is 1. The summed E-state index contributed by atoms with van der Waals surface area (Å²) >= 11 is 0. The monoisotopic (exact) mass is 622 g/mol. The number of aromatic nitrogens is 5. The van der Waals surface area contributed by atoms with Gasteiger partial charge in [-0.25, -0.2) is 14.5 Å². The van der Waals surface area contributed by atoms with Crippen LogP contribution in [-0.4, -0.2) is 53.9 Å². The van der Waals surface area contributed by atoms with Gasteiger partial charge in [0.05, 0.1) is 23.4 Å². The average Bonchev–Trinajstić information content (AvgIpc) is 3.68. The Bertz CT molecular complexity index is 1760. The lowest BCUT2D eigenvalue weighted by Gasteiger charge is -2.17. The molecule has 2 aromatic heterocycles. The van der Waals surface area contributed by atoms with Crippen LogP contribution in [0.25, 0.3) is 33.1 Å². The van der Waals surface area contributed by atoms with Gasteiger partial charge in [-0.05, 0) is 41.8 Å². The number of benzene rings is 3. The van der Waals surface area contributed by atoms with E-state index in [4.69, 9.17) is 9.90 Å². The molecule has 0 aliphatic carbocycles. The molecule has 10 nitrogen and oxygen atoms in total. The first-order valence-electron chi connectivity index (χ1n) is 14.5. The van der Waals surface area contributed by atoms with Gasteiger partial charge in [0.15, 0.2) is 0 Å². The van der Waals surface area contributed by atoms with Gasteiger partial charge in [-0.3, -0.25) is 9.59 Å². The van der Waals surface area contributed by atoms with Crippen LogP contribution in [0.15, 0.2) is 72.9 Å². The fourth-order valence-electron chi connectivity index (χ4n) is 4.73. The number of nitrogens with zero attached hydrogens (tertiary/aromatic N) is 4. The standard InChI is InChI=1S/C30H32N6O2.C2HF3O2/c1-2-24(37)12-4-3-5-14-26(32-29(38)20-36-28-15-9-8-13-25(28)34-35-36)30-31-19-27(33-30)23-17-16-21-10-6-7-11-22(21)18-23;3-2(4,5)1(6)7/h6-11,13,15-19,26H,2-5,12,14,20H2,1H3,(H,31,33)(H,32,38);(H,6,7)/t26-;/m0./s1. The summed E-state index contributed by atoms with van der Waals surface area (Å²) < 4.78 is 33.3. The van der Waals surface area contributed by atoms with Crippen molar-refractivity contribution in [1.29, 1.82) is 0 Å². The minimum absolute atomic E-state index is 0.0697. The minimum Gasteiger partial charge on any atom is -0.475 e. The van der Waals surface area contributed by atoms with E-state index in [0.717, 1.165) is 59.2 Å². The van der Waals surface area contributed by atoms with E-state index in [1.165, 1.54) is 5.39 Å². The molecule has 0 saturated carbocycles. The van der Waals surface area contributed by atoms with Gasteiger partial charge in [0.2, 0.25) is 5.91 Å². The van der Waals surface area contributed by atoms with E-state index >= 15 is 0 Å². The molecule has 0 aliphatic heterocycles. The number of hydrogen-bond acceptors (Lipinski definition) is 6. The SMILES string of the molecule is CCC(=O)CCCCC[C@H](NC(=O)Cn1nnc2ccccc21)c1ncc(-c2ccc3ccccc3c2)[nH]1.O=C(O)C(F)(F)F. The van der Waals surface area contributed by atoms with E-state index in [9.17, 15) is 22.8 Å². The lowest BCUT2D eigenvalue weighted by Crippen LogP contribution is -2.32. The Morgan fingerprint density at radius 1 is 0.978 bits per heavy atom. The van der Waals surface area contributed by atoms with Crippen molar-refractivity contribution in [2.75, 3.05) is 0 Å². The van der Waals surface area contributed by atoms with E-state index < -0.39 is 12.1 Å². The Hall–Kier alpha value is -5.07. The number of para-hydroxylation sites is 1. The second kappa shape index (κ2) is 15.1. The maximum Gasteiger partial charge on any atom is 0.490 e. The number of nitrogens with one attached hydrogen (secondary N) is 2. The summed E-state index contributed by atoms with van der Waals surface area (Å²) in [5, 5.41) is 20.9. The molecule has 3 aromatic carbocycles. The van der Waals surface area contributed by atoms with Crippen LogP contribution in [0.3, 0.4) is 0 Å². The van der Waals surface area contributed by atoms with Gasteiger partial charge >= 0.3 is 12.1 Å². The molecular formula is C32H33F3N6O4. The summed E-state index contributed by atoms with van der Waals surface area (Å²) in [5.41, 5.74) is 3.52. The van der Waals surface area contributed by atoms with E-state index in [2.05, 4.69) is 55.9 Å². The summed E-state index contributed by atoms with van der Waals surface area (Å²) in [4.78, 5) is 41.7. The number of imidazole rings is 1. The first-order chi connectivity index (χ1) is 21.5. The molecule has 0 aliphatic rings. The number of rotatable bonds is 12. The quantitative estimate of drug-likeness (QED) is 0.137. The summed E-state index contributed by atoms with van der Waals surface area (Å²) in [6.07, 6.45) is 1.31. The number of alkyl halides is 3. The van der Waals surface area contributed by atoms with Crippen molar-refractivity contribution in [3.63, 3.8) is 0 Å². The predicted molar refractivity (Wildman–Crippen MR) is 162 cm³/mol. The zero-order valence-electron chi connectivity index (χ0n) is 24.6. The number of H-pyrrole nitrogens is 1. The normalized spacial score (nSPS) is 12.0. The maximum absolute atomic E-state index is 13.1. The van der Waals surface area contributed by atoms with Crippen LogP contribution in [0.5, 0.6) is 0 Å². The summed E-state index contributed by atoms with van der Waals surface area (Å²) in [6, 6.07) is 21.9.